The highest BCUT2D eigenvalue weighted by Crippen LogP contribution is 2.35. The van der Waals surface area contributed by atoms with E-state index in [2.05, 4.69) is 11.0 Å². The van der Waals surface area contributed by atoms with Crippen LogP contribution in [0.1, 0.15) is 36.8 Å². The zero-order chi connectivity index (χ0) is 14.7. The van der Waals surface area contributed by atoms with Crippen LogP contribution in [0.2, 0.25) is 0 Å². The van der Waals surface area contributed by atoms with Crippen LogP contribution in [0.3, 0.4) is 0 Å². The Balaban J connectivity index is 1.62. The van der Waals surface area contributed by atoms with Gasteiger partial charge >= 0.3 is 0 Å². The molecule has 1 aromatic carbocycles. The van der Waals surface area contributed by atoms with Gasteiger partial charge in [0.15, 0.2) is 0 Å². The van der Waals surface area contributed by atoms with Crippen molar-refractivity contribution in [3.05, 3.63) is 35.4 Å². The number of aliphatic hydroxyl groups is 1. The summed E-state index contributed by atoms with van der Waals surface area (Å²) in [4.78, 5) is 2.35. The summed E-state index contributed by atoms with van der Waals surface area (Å²) < 4.78 is 5.93. The molecule has 2 fully saturated rings. The van der Waals surface area contributed by atoms with Crippen LogP contribution in [0, 0.1) is 11.3 Å². The third kappa shape index (κ3) is 2.96. The van der Waals surface area contributed by atoms with Gasteiger partial charge in [-0.3, -0.25) is 4.90 Å². The smallest absolute Gasteiger partial charge is 0.0995 e. The fraction of sp³-hybridized carbons (Fsp3) is 0.588. The Morgan fingerprint density at radius 2 is 2.10 bits per heavy atom. The zero-order valence-electron chi connectivity index (χ0n) is 12.3. The van der Waals surface area contributed by atoms with Crippen LogP contribution in [0.15, 0.2) is 24.3 Å². The first kappa shape index (κ1) is 14.5. The van der Waals surface area contributed by atoms with Crippen molar-refractivity contribution in [1.82, 2.24) is 4.90 Å². The molecule has 4 heteroatoms. The molecule has 0 amide bonds. The SMILES string of the molecule is N#Cc1ccccc1CN1CCC2(CC1)OCCC[C@@H]2O. The number of nitriles is 1. The molecular formula is C17H22N2O2. The lowest BCUT2D eigenvalue weighted by atomic mass is 9.82. The molecule has 0 aliphatic carbocycles. The highest BCUT2D eigenvalue weighted by molar-refractivity contribution is 5.37. The number of piperidine rings is 1. The maximum absolute atomic E-state index is 10.3. The van der Waals surface area contributed by atoms with Gasteiger partial charge in [0.05, 0.1) is 23.3 Å². The fourth-order valence-electron chi connectivity index (χ4n) is 3.49. The lowest BCUT2D eigenvalue weighted by Crippen LogP contribution is -2.55. The molecule has 0 bridgehead atoms. The number of benzene rings is 1. The van der Waals surface area contributed by atoms with Crippen LogP contribution in [-0.2, 0) is 11.3 Å². The van der Waals surface area contributed by atoms with Crippen LogP contribution >= 0.6 is 0 Å². The van der Waals surface area contributed by atoms with Crippen molar-refractivity contribution < 1.29 is 9.84 Å². The number of hydrogen-bond acceptors (Lipinski definition) is 4. The second kappa shape index (κ2) is 6.15. The van der Waals surface area contributed by atoms with Gasteiger partial charge in [-0.05, 0) is 37.3 Å². The molecule has 1 aromatic rings. The van der Waals surface area contributed by atoms with Crippen LogP contribution in [0.4, 0.5) is 0 Å². The van der Waals surface area contributed by atoms with Gasteiger partial charge in [0.2, 0.25) is 0 Å². The first-order valence-electron chi connectivity index (χ1n) is 7.76. The molecule has 21 heavy (non-hydrogen) atoms. The molecule has 0 unspecified atom stereocenters. The van der Waals surface area contributed by atoms with Gasteiger partial charge in [0, 0.05) is 26.2 Å². The average molecular weight is 286 g/mol. The van der Waals surface area contributed by atoms with Gasteiger partial charge in [-0.15, -0.1) is 0 Å². The predicted molar refractivity (Wildman–Crippen MR) is 79.6 cm³/mol. The highest BCUT2D eigenvalue weighted by atomic mass is 16.5. The average Bonchev–Trinajstić information content (AvgIpc) is 2.53. The fourth-order valence-corrected chi connectivity index (χ4v) is 3.49. The number of rotatable bonds is 2. The molecule has 1 N–H and O–H groups in total. The number of ether oxygens (including phenoxy) is 1. The summed E-state index contributed by atoms with van der Waals surface area (Å²) in [5.74, 6) is 0. The minimum absolute atomic E-state index is 0.316. The summed E-state index contributed by atoms with van der Waals surface area (Å²) in [7, 11) is 0. The molecule has 2 saturated heterocycles. The lowest BCUT2D eigenvalue weighted by Gasteiger charge is -2.46. The van der Waals surface area contributed by atoms with Crippen molar-refractivity contribution in [2.45, 2.75) is 43.9 Å². The Bertz CT molecular complexity index is 530. The summed E-state index contributed by atoms with van der Waals surface area (Å²) in [5, 5.41) is 19.4. The van der Waals surface area contributed by atoms with E-state index in [4.69, 9.17) is 10.00 Å². The molecule has 4 nitrogen and oxygen atoms in total. The normalized spacial score (nSPS) is 25.6. The quantitative estimate of drug-likeness (QED) is 0.904. The van der Waals surface area contributed by atoms with Crippen molar-refractivity contribution >= 4 is 0 Å². The van der Waals surface area contributed by atoms with E-state index < -0.39 is 0 Å². The summed E-state index contributed by atoms with van der Waals surface area (Å²) in [5.41, 5.74) is 1.52. The van der Waals surface area contributed by atoms with E-state index in [1.807, 2.05) is 24.3 Å². The largest absolute Gasteiger partial charge is 0.390 e. The molecule has 2 aliphatic heterocycles. The molecule has 1 spiro atoms. The van der Waals surface area contributed by atoms with E-state index in [1.54, 1.807) is 0 Å². The third-order valence-corrected chi connectivity index (χ3v) is 4.85. The van der Waals surface area contributed by atoms with Crippen LogP contribution in [0.5, 0.6) is 0 Å². The van der Waals surface area contributed by atoms with E-state index in [0.29, 0.717) is 0 Å². The van der Waals surface area contributed by atoms with Crippen molar-refractivity contribution in [1.29, 1.82) is 5.26 Å². The zero-order valence-corrected chi connectivity index (χ0v) is 12.3. The minimum atomic E-state index is -0.320. The van der Waals surface area contributed by atoms with Crippen LogP contribution < -0.4 is 0 Å². The lowest BCUT2D eigenvalue weighted by molar-refractivity contribution is -0.177. The summed E-state index contributed by atoms with van der Waals surface area (Å²) >= 11 is 0. The second-order valence-electron chi connectivity index (χ2n) is 6.12. The Hall–Kier alpha value is -1.41. The third-order valence-electron chi connectivity index (χ3n) is 4.85. The van der Waals surface area contributed by atoms with Crippen LogP contribution in [0.25, 0.3) is 0 Å². The number of nitrogens with zero attached hydrogens (tertiary/aromatic N) is 2. The summed E-state index contributed by atoms with van der Waals surface area (Å²) in [6.45, 7) is 3.40. The van der Waals surface area contributed by atoms with Gasteiger partial charge in [0.1, 0.15) is 0 Å². The predicted octanol–water partition coefficient (Wildman–Crippen LogP) is 2.06. The minimum Gasteiger partial charge on any atom is -0.390 e. The monoisotopic (exact) mass is 286 g/mol. The molecule has 3 rings (SSSR count). The first-order chi connectivity index (χ1) is 10.2. The van der Waals surface area contributed by atoms with Gasteiger partial charge in [-0.1, -0.05) is 18.2 Å². The number of aliphatic hydroxyl groups excluding tert-OH is 1. The standard InChI is InChI=1S/C17H22N2O2/c18-12-14-4-1-2-5-15(14)13-19-9-7-17(8-10-19)16(20)6-3-11-21-17/h1-2,4-5,16,20H,3,6-11,13H2/t16-/m0/s1. The number of hydrogen-bond donors (Lipinski definition) is 1. The Labute approximate surface area is 125 Å². The van der Waals surface area contributed by atoms with Crippen molar-refractivity contribution in [2.24, 2.45) is 0 Å². The molecule has 0 aromatic heterocycles. The summed E-state index contributed by atoms with van der Waals surface area (Å²) in [6, 6.07) is 10.0. The Morgan fingerprint density at radius 1 is 1.33 bits per heavy atom. The molecule has 0 saturated carbocycles. The van der Waals surface area contributed by atoms with E-state index in [0.717, 1.165) is 63.1 Å². The topological polar surface area (TPSA) is 56.5 Å². The van der Waals surface area contributed by atoms with Crippen molar-refractivity contribution in [3.63, 3.8) is 0 Å². The van der Waals surface area contributed by atoms with Gasteiger partial charge in [-0.25, -0.2) is 0 Å². The van der Waals surface area contributed by atoms with Gasteiger partial charge in [-0.2, -0.15) is 5.26 Å². The maximum Gasteiger partial charge on any atom is 0.0995 e. The Kier molecular flexibility index (Phi) is 4.25. The van der Waals surface area contributed by atoms with E-state index in [9.17, 15) is 5.11 Å². The van der Waals surface area contributed by atoms with E-state index >= 15 is 0 Å². The van der Waals surface area contributed by atoms with Gasteiger partial charge < -0.3 is 9.84 Å². The molecule has 0 radical (unpaired) electrons. The maximum atomic E-state index is 10.3. The Morgan fingerprint density at radius 3 is 2.81 bits per heavy atom. The molecule has 2 aliphatic rings. The van der Waals surface area contributed by atoms with Gasteiger partial charge in [0.25, 0.3) is 0 Å². The van der Waals surface area contributed by atoms with Crippen molar-refractivity contribution in [2.75, 3.05) is 19.7 Å². The van der Waals surface area contributed by atoms with Crippen molar-refractivity contribution in [3.8, 4) is 6.07 Å². The first-order valence-corrected chi connectivity index (χ1v) is 7.76. The number of likely N-dealkylation sites (tertiary alicyclic amines) is 1. The van der Waals surface area contributed by atoms with Crippen LogP contribution in [-0.4, -0.2) is 41.4 Å². The molecule has 2 heterocycles. The molecule has 112 valence electrons. The highest BCUT2D eigenvalue weighted by Gasteiger charge is 2.43. The van der Waals surface area contributed by atoms with E-state index in [1.165, 1.54) is 0 Å². The second-order valence-corrected chi connectivity index (χ2v) is 6.12. The molecular weight excluding hydrogens is 264 g/mol. The van der Waals surface area contributed by atoms with E-state index in [-0.39, 0.29) is 11.7 Å². The summed E-state index contributed by atoms with van der Waals surface area (Å²) in [6.07, 6.45) is 3.25. The molecule has 1 atom stereocenters.